The standard InChI is InChI=1S/C20H22N4O2S/c1-14-3-5-17(6-4-14)26-12-19-21-16(13-27-19)11-24-8-7-18-15(10-24)9-20(25)23(2)22-18/h3-6,9,13H,7-8,10-12H2,1-2H3. The van der Waals surface area contributed by atoms with Crippen LogP contribution in [0.2, 0.25) is 0 Å². The molecule has 0 radical (unpaired) electrons. The molecule has 1 aliphatic heterocycles. The lowest BCUT2D eigenvalue weighted by Crippen LogP contribution is -2.34. The van der Waals surface area contributed by atoms with Gasteiger partial charge in [0.2, 0.25) is 0 Å². The third-order valence-corrected chi connectivity index (χ3v) is 5.56. The Bertz CT molecular complexity index is 994. The van der Waals surface area contributed by atoms with Crippen LogP contribution >= 0.6 is 11.3 Å². The summed E-state index contributed by atoms with van der Waals surface area (Å²) >= 11 is 1.62. The summed E-state index contributed by atoms with van der Waals surface area (Å²) in [7, 11) is 1.70. The van der Waals surface area contributed by atoms with Gasteiger partial charge >= 0.3 is 0 Å². The van der Waals surface area contributed by atoms with Gasteiger partial charge in [0.25, 0.3) is 5.56 Å². The summed E-state index contributed by atoms with van der Waals surface area (Å²) in [6, 6.07) is 9.75. The van der Waals surface area contributed by atoms with E-state index in [1.807, 2.05) is 24.3 Å². The third-order valence-electron chi connectivity index (χ3n) is 4.69. The van der Waals surface area contributed by atoms with Crippen molar-refractivity contribution in [2.24, 2.45) is 7.05 Å². The number of thiazole rings is 1. The number of aromatic nitrogens is 3. The van der Waals surface area contributed by atoms with E-state index in [2.05, 4.69) is 22.3 Å². The molecular formula is C20H22N4O2S. The molecule has 7 heteroatoms. The Kier molecular flexibility index (Phi) is 5.05. The molecule has 0 bridgehead atoms. The third kappa shape index (κ3) is 4.26. The molecule has 0 saturated heterocycles. The van der Waals surface area contributed by atoms with Gasteiger partial charge in [0.05, 0.1) is 11.4 Å². The van der Waals surface area contributed by atoms with Crippen LogP contribution in [0.25, 0.3) is 0 Å². The lowest BCUT2D eigenvalue weighted by molar-refractivity contribution is 0.238. The van der Waals surface area contributed by atoms with Crippen LogP contribution in [0.5, 0.6) is 5.75 Å². The molecule has 0 aliphatic carbocycles. The minimum absolute atomic E-state index is 0.0557. The van der Waals surface area contributed by atoms with Gasteiger partial charge in [-0.05, 0) is 24.6 Å². The monoisotopic (exact) mass is 382 g/mol. The van der Waals surface area contributed by atoms with Crippen LogP contribution in [0, 0.1) is 6.92 Å². The van der Waals surface area contributed by atoms with E-state index in [4.69, 9.17) is 9.72 Å². The highest BCUT2D eigenvalue weighted by Crippen LogP contribution is 2.20. The summed E-state index contributed by atoms with van der Waals surface area (Å²) in [6.07, 6.45) is 0.858. The average Bonchev–Trinajstić information content (AvgIpc) is 3.10. The highest BCUT2D eigenvalue weighted by molar-refractivity contribution is 7.09. The fourth-order valence-electron chi connectivity index (χ4n) is 3.18. The van der Waals surface area contributed by atoms with E-state index in [1.165, 1.54) is 10.2 Å². The number of ether oxygens (including phenoxy) is 1. The summed E-state index contributed by atoms with van der Waals surface area (Å²) < 4.78 is 7.22. The van der Waals surface area contributed by atoms with E-state index < -0.39 is 0 Å². The molecule has 3 aromatic rings. The zero-order valence-electron chi connectivity index (χ0n) is 15.5. The second-order valence-corrected chi connectivity index (χ2v) is 7.82. The first-order valence-electron chi connectivity index (χ1n) is 8.98. The Morgan fingerprint density at radius 1 is 1.26 bits per heavy atom. The molecule has 0 spiro atoms. The normalized spacial score (nSPS) is 14.1. The van der Waals surface area contributed by atoms with Crippen molar-refractivity contribution in [3.63, 3.8) is 0 Å². The zero-order chi connectivity index (χ0) is 18.8. The van der Waals surface area contributed by atoms with E-state index in [0.717, 1.165) is 53.8 Å². The Balaban J connectivity index is 1.36. The summed E-state index contributed by atoms with van der Waals surface area (Å²) in [6.45, 7) is 4.98. The van der Waals surface area contributed by atoms with Crippen molar-refractivity contribution >= 4 is 11.3 Å². The first-order chi connectivity index (χ1) is 13.1. The van der Waals surface area contributed by atoms with Crippen molar-refractivity contribution in [2.75, 3.05) is 6.54 Å². The SMILES string of the molecule is Cc1ccc(OCc2nc(CN3CCc4nn(C)c(=O)cc4C3)cs2)cc1. The van der Waals surface area contributed by atoms with Gasteiger partial charge in [0, 0.05) is 44.5 Å². The fraction of sp³-hybridized carbons (Fsp3) is 0.350. The molecule has 140 valence electrons. The van der Waals surface area contributed by atoms with E-state index >= 15 is 0 Å². The molecule has 2 aromatic heterocycles. The van der Waals surface area contributed by atoms with Crippen molar-refractivity contribution in [1.29, 1.82) is 0 Å². The van der Waals surface area contributed by atoms with E-state index in [0.29, 0.717) is 6.61 Å². The van der Waals surface area contributed by atoms with Crippen LogP contribution in [0.15, 0.2) is 40.5 Å². The molecule has 0 saturated carbocycles. The maximum absolute atomic E-state index is 11.8. The van der Waals surface area contributed by atoms with E-state index in [-0.39, 0.29) is 5.56 Å². The molecule has 0 fully saturated rings. The number of aryl methyl sites for hydroxylation is 2. The van der Waals surface area contributed by atoms with Crippen molar-refractivity contribution in [3.05, 3.63) is 73.6 Å². The summed E-state index contributed by atoms with van der Waals surface area (Å²) in [5.41, 5.74) is 4.26. The first kappa shape index (κ1) is 17.9. The number of hydrogen-bond acceptors (Lipinski definition) is 6. The van der Waals surface area contributed by atoms with Crippen LogP contribution in [0.4, 0.5) is 0 Å². The van der Waals surface area contributed by atoms with Gasteiger partial charge in [-0.2, -0.15) is 5.10 Å². The smallest absolute Gasteiger partial charge is 0.266 e. The summed E-state index contributed by atoms with van der Waals surface area (Å²) in [5, 5.41) is 7.42. The summed E-state index contributed by atoms with van der Waals surface area (Å²) in [5.74, 6) is 0.860. The maximum Gasteiger partial charge on any atom is 0.266 e. The molecule has 27 heavy (non-hydrogen) atoms. The summed E-state index contributed by atoms with van der Waals surface area (Å²) in [4.78, 5) is 18.8. The van der Waals surface area contributed by atoms with Crippen molar-refractivity contribution < 1.29 is 4.74 Å². The average molecular weight is 382 g/mol. The van der Waals surface area contributed by atoms with Gasteiger partial charge < -0.3 is 4.74 Å². The van der Waals surface area contributed by atoms with Crippen LogP contribution in [0.1, 0.15) is 27.5 Å². The lowest BCUT2D eigenvalue weighted by Gasteiger charge is -2.27. The lowest BCUT2D eigenvalue weighted by atomic mass is 10.1. The largest absolute Gasteiger partial charge is 0.486 e. The Morgan fingerprint density at radius 3 is 2.89 bits per heavy atom. The minimum Gasteiger partial charge on any atom is -0.486 e. The Hall–Kier alpha value is -2.51. The molecule has 3 heterocycles. The number of benzene rings is 1. The maximum atomic E-state index is 11.8. The minimum atomic E-state index is -0.0557. The second kappa shape index (κ2) is 7.62. The van der Waals surface area contributed by atoms with Gasteiger partial charge in [0.15, 0.2) is 0 Å². The van der Waals surface area contributed by atoms with Crippen molar-refractivity contribution in [1.82, 2.24) is 19.7 Å². The van der Waals surface area contributed by atoms with E-state index in [9.17, 15) is 4.79 Å². The van der Waals surface area contributed by atoms with Crippen molar-refractivity contribution in [2.45, 2.75) is 33.0 Å². The molecule has 0 unspecified atom stereocenters. The van der Waals surface area contributed by atoms with Gasteiger partial charge in [-0.1, -0.05) is 17.7 Å². The number of hydrogen-bond donors (Lipinski definition) is 0. The topological polar surface area (TPSA) is 60.2 Å². The second-order valence-electron chi connectivity index (χ2n) is 6.87. The molecular weight excluding hydrogens is 360 g/mol. The van der Waals surface area contributed by atoms with Gasteiger partial charge in [0.1, 0.15) is 17.4 Å². The van der Waals surface area contributed by atoms with Gasteiger partial charge in [-0.3, -0.25) is 9.69 Å². The predicted octanol–water partition coefficient (Wildman–Crippen LogP) is 2.68. The number of rotatable bonds is 5. The van der Waals surface area contributed by atoms with Crippen LogP contribution in [-0.2, 0) is 33.2 Å². The van der Waals surface area contributed by atoms with Crippen LogP contribution < -0.4 is 10.3 Å². The molecule has 0 amide bonds. The quantitative estimate of drug-likeness (QED) is 0.679. The molecule has 1 aromatic carbocycles. The molecule has 4 rings (SSSR count). The number of nitrogens with zero attached hydrogens (tertiary/aromatic N) is 4. The van der Waals surface area contributed by atoms with Crippen LogP contribution in [0.3, 0.4) is 0 Å². The number of fused-ring (bicyclic) bond motifs is 1. The van der Waals surface area contributed by atoms with Crippen molar-refractivity contribution in [3.8, 4) is 5.75 Å². The molecule has 0 atom stereocenters. The van der Waals surface area contributed by atoms with E-state index in [1.54, 1.807) is 24.5 Å². The predicted molar refractivity (Wildman–Crippen MR) is 105 cm³/mol. The van der Waals surface area contributed by atoms with Gasteiger partial charge in [-0.25, -0.2) is 9.67 Å². The Labute approximate surface area is 162 Å². The first-order valence-corrected chi connectivity index (χ1v) is 9.86. The van der Waals surface area contributed by atoms with Gasteiger partial charge in [-0.15, -0.1) is 11.3 Å². The fourth-order valence-corrected chi connectivity index (χ4v) is 3.88. The molecule has 6 nitrogen and oxygen atoms in total. The highest BCUT2D eigenvalue weighted by Gasteiger charge is 2.19. The van der Waals surface area contributed by atoms with Crippen LogP contribution in [-0.4, -0.2) is 26.2 Å². The molecule has 0 N–H and O–H groups in total. The molecule has 1 aliphatic rings. The zero-order valence-corrected chi connectivity index (χ0v) is 16.3. The Morgan fingerprint density at radius 2 is 2.07 bits per heavy atom. The highest BCUT2D eigenvalue weighted by atomic mass is 32.1.